The number of furan rings is 1. The summed E-state index contributed by atoms with van der Waals surface area (Å²) in [6.07, 6.45) is 0. The van der Waals surface area contributed by atoms with E-state index in [-0.39, 0.29) is 5.56 Å². The summed E-state index contributed by atoms with van der Waals surface area (Å²) in [6, 6.07) is 10.4. The molecule has 0 saturated heterocycles. The van der Waals surface area contributed by atoms with Crippen molar-refractivity contribution in [1.29, 1.82) is 0 Å². The summed E-state index contributed by atoms with van der Waals surface area (Å²) in [5.74, 6) is -0.271. The maximum absolute atomic E-state index is 11.0. The molecule has 0 unspecified atom stereocenters. The highest BCUT2D eigenvalue weighted by Gasteiger charge is 2.11. The smallest absolute Gasteiger partial charge is 0.335 e. The van der Waals surface area contributed by atoms with Gasteiger partial charge in [-0.05, 0) is 40.2 Å². The highest BCUT2D eigenvalue weighted by molar-refractivity contribution is 9.10. The number of hydrogen-bond acceptors (Lipinski definition) is 4. The molecule has 0 bridgehead atoms. The minimum atomic E-state index is -0.946. The van der Waals surface area contributed by atoms with Crippen molar-refractivity contribution in [3.05, 3.63) is 52.0 Å². The summed E-state index contributed by atoms with van der Waals surface area (Å²) in [4.78, 5) is 15.5. The SMILES string of the molecule is O=C(O)c1cccc(-c2nc(-c3ccc(Br)o3)cs2)c1. The molecule has 20 heavy (non-hydrogen) atoms. The van der Waals surface area contributed by atoms with Crippen LogP contribution in [0, 0.1) is 0 Å². The van der Waals surface area contributed by atoms with Crippen LogP contribution in [0.5, 0.6) is 0 Å². The van der Waals surface area contributed by atoms with Crippen LogP contribution in [0.2, 0.25) is 0 Å². The number of halogens is 1. The molecule has 0 atom stereocenters. The van der Waals surface area contributed by atoms with Crippen molar-refractivity contribution < 1.29 is 14.3 Å². The quantitative estimate of drug-likeness (QED) is 0.754. The molecule has 3 aromatic rings. The fourth-order valence-corrected chi connectivity index (χ4v) is 2.87. The Bertz CT molecular complexity index is 778. The van der Waals surface area contributed by atoms with Gasteiger partial charge in [-0.25, -0.2) is 9.78 Å². The van der Waals surface area contributed by atoms with Gasteiger partial charge in [0.05, 0.1) is 5.56 Å². The van der Waals surface area contributed by atoms with Gasteiger partial charge in [0.1, 0.15) is 10.7 Å². The van der Waals surface area contributed by atoms with Crippen molar-refractivity contribution in [3.8, 4) is 22.0 Å². The number of carboxylic acids is 1. The third kappa shape index (κ3) is 2.52. The largest absolute Gasteiger partial charge is 0.478 e. The number of hydrogen-bond donors (Lipinski definition) is 1. The molecule has 100 valence electrons. The number of rotatable bonds is 3. The molecule has 0 amide bonds. The van der Waals surface area contributed by atoms with Crippen molar-refractivity contribution in [2.75, 3.05) is 0 Å². The number of aromatic carboxylic acids is 1. The van der Waals surface area contributed by atoms with Crippen LogP contribution >= 0.6 is 27.3 Å². The molecule has 0 aliphatic heterocycles. The predicted molar refractivity (Wildman–Crippen MR) is 79.9 cm³/mol. The van der Waals surface area contributed by atoms with Crippen molar-refractivity contribution in [2.45, 2.75) is 0 Å². The predicted octanol–water partition coefficient (Wildman–Crippen LogP) is 4.53. The number of benzene rings is 1. The average molecular weight is 350 g/mol. The molecule has 0 radical (unpaired) electrons. The van der Waals surface area contributed by atoms with Crippen molar-refractivity contribution in [3.63, 3.8) is 0 Å². The van der Waals surface area contributed by atoms with Gasteiger partial charge in [0, 0.05) is 10.9 Å². The van der Waals surface area contributed by atoms with Crippen molar-refractivity contribution in [2.24, 2.45) is 0 Å². The van der Waals surface area contributed by atoms with E-state index in [0.29, 0.717) is 10.4 Å². The van der Waals surface area contributed by atoms with Crippen LogP contribution in [0.15, 0.2) is 50.9 Å². The number of nitrogens with zero attached hydrogens (tertiary/aromatic N) is 1. The molecule has 0 fully saturated rings. The first kappa shape index (κ1) is 13.1. The Kier molecular flexibility index (Phi) is 3.42. The summed E-state index contributed by atoms with van der Waals surface area (Å²) in [6.45, 7) is 0. The molecule has 4 nitrogen and oxygen atoms in total. The molecular formula is C14H8BrNO3S. The molecular weight excluding hydrogens is 342 g/mol. The fourth-order valence-electron chi connectivity index (χ4n) is 1.76. The number of thiazole rings is 1. The summed E-state index contributed by atoms with van der Waals surface area (Å²) >= 11 is 4.70. The molecule has 6 heteroatoms. The molecule has 2 aromatic heterocycles. The fraction of sp³-hybridized carbons (Fsp3) is 0. The number of aromatic nitrogens is 1. The highest BCUT2D eigenvalue weighted by atomic mass is 79.9. The van der Waals surface area contributed by atoms with Gasteiger partial charge in [-0.3, -0.25) is 0 Å². The minimum Gasteiger partial charge on any atom is -0.478 e. The van der Waals surface area contributed by atoms with Gasteiger partial charge >= 0.3 is 5.97 Å². The Morgan fingerprint density at radius 1 is 1.30 bits per heavy atom. The van der Waals surface area contributed by atoms with Gasteiger partial charge in [0.2, 0.25) is 0 Å². The molecule has 3 rings (SSSR count). The van der Waals surface area contributed by atoms with Gasteiger partial charge in [0.15, 0.2) is 10.4 Å². The lowest BCUT2D eigenvalue weighted by atomic mass is 10.1. The maximum atomic E-state index is 11.0. The Balaban J connectivity index is 1.98. The van der Waals surface area contributed by atoms with Crippen LogP contribution in [-0.4, -0.2) is 16.1 Å². The highest BCUT2D eigenvalue weighted by Crippen LogP contribution is 2.31. The van der Waals surface area contributed by atoms with Crippen LogP contribution in [-0.2, 0) is 0 Å². The molecule has 0 spiro atoms. The van der Waals surface area contributed by atoms with Gasteiger partial charge in [-0.2, -0.15) is 0 Å². The zero-order chi connectivity index (χ0) is 14.1. The van der Waals surface area contributed by atoms with E-state index in [1.54, 1.807) is 24.3 Å². The summed E-state index contributed by atoms with van der Waals surface area (Å²) in [5, 5.41) is 11.6. The maximum Gasteiger partial charge on any atom is 0.335 e. The van der Waals surface area contributed by atoms with Crippen LogP contribution < -0.4 is 0 Å². The molecule has 0 saturated carbocycles. The Hall–Kier alpha value is -1.92. The van der Waals surface area contributed by atoms with E-state index in [9.17, 15) is 4.79 Å². The van der Waals surface area contributed by atoms with E-state index in [1.807, 2.05) is 17.5 Å². The zero-order valence-electron chi connectivity index (χ0n) is 10.0. The molecule has 2 heterocycles. The van der Waals surface area contributed by atoms with E-state index in [4.69, 9.17) is 9.52 Å². The van der Waals surface area contributed by atoms with E-state index in [1.165, 1.54) is 11.3 Å². The summed E-state index contributed by atoms with van der Waals surface area (Å²) < 4.78 is 6.10. The van der Waals surface area contributed by atoms with Gasteiger partial charge < -0.3 is 9.52 Å². The van der Waals surface area contributed by atoms with Gasteiger partial charge in [0.25, 0.3) is 0 Å². The second-order valence-corrected chi connectivity index (χ2v) is 5.67. The van der Waals surface area contributed by atoms with Crippen LogP contribution in [0.25, 0.3) is 22.0 Å². The van der Waals surface area contributed by atoms with E-state index >= 15 is 0 Å². The topological polar surface area (TPSA) is 63.3 Å². The molecule has 1 aromatic carbocycles. The van der Waals surface area contributed by atoms with E-state index < -0.39 is 5.97 Å². The summed E-state index contributed by atoms with van der Waals surface area (Å²) in [5.41, 5.74) is 1.77. The zero-order valence-corrected chi connectivity index (χ0v) is 12.4. The third-order valence-electron chi connectivity index (χ3n) is 2.69. The second-order valence-electron chi connectivity index (χ2n) is 4.03. The first-order chi connectivity index (χ1) is 9.63. The Labute approximate surface area is 126 Å². The minimum absolute atomic E-state index is 0.250. The first-order valence-electron chi connectivity index (χ1n) is 5.68. The van der Waals surface area contributed by atoms with Crippen LogP contribution in [0.3, 0.4) is 0 Å². The number of carboxylic acid groups (broad SMARTS) is 1. The standard InChI is InChI=1S/C14H8BrNO3S/c15-12-5-4-11(19-12)10-7-20-13(16-10)8-2-1-3-9(6-8)14(17)18/h1-7H,(H,17,18). The Morgan fingerprint density at radius 2 is 2.15 bits per heavy atom. The lowest BCUT2D eigenvalue weighted by molar-refractivity contribution is 0.0697. The Morgan fingerprint density at radius 3 is 2.85 bits per heavy atom. The molecule has 0 aliphatic carbocycles. The lowest BCUT2D eigenvalue weighted by Crippen LogP contribution is -1.95. The third-order valence-corrected chi connectivity index (χ3v) is 4.00. The first-order valence-corrected chi connectivity index (χ1v) is 7.36. The van der Waals surface area contributed by atoms with E-state index in [0.717, 1.165) is 16.3 Å². The normalized spacial score (nSPS) is 10.7. The van der Waals surface area contributed by atoms with Crippen molar-refractivity contribution >= 4 is 33.2 Å². The van der Waals surface area contributed by atoms with Crippen molar-refractivity contribution in [1.82, 2.24) is 4.98 Å². The van der Waals surface area contributed by atoms with Crippen LogP contribution in [0.4, 0.5) is 0 Å². The van der Waals surface area contributed by atoms with Gasteiger partial charge in [-0.1, -0.05) is 12.1 Å². The number of carbonyl (C=O) groups is 1. The monoisotopic (exact) mass is 349 g/mol. The van der Waals surface area contributed by atoms with Gasteiger partial charge in [-0.15, -0.1) is 11.3 Å². The average Bonchev–Trinajstić information content (AvgIpc) is 3.07. The summed E-state index contributed by atoms with van der Waals surface area (Å²) in [7, 11) is 0. The van der Waals surface area contributed by atoms with E-state index in [2.05, 4.69) is 20.9 Å². The lowest BCUT2D eigenvalue weighted by Gasteiger charge is -1.98. The van der Waals surface area contributed by atoms with Crippen LogP contribution in [0.1, 0.15) is 10.4 Å². The molecule has 0 aliphatic rings. The molecule has 1 N–H and O–H groups in total. The second kappa shape index (κ2) is 5.22.